The van der Waals surface area contributed by atoms with E-state index >= 15 is 0 Å². The molecule has 1 N–H and O–H groups in total. The van der Waals surface area contributed by atoms with E-state index in [0.717, 1.165) is 0 Å². The van der Waals surface area contributed by atoms with Gasteiger partial charge in [0.2, 0.25) is 0 Å². The van der Waals surface area contributed by atoms with E-state index in [-0.39, 0.29) is 0 Å². The van der Waals surface area contributed by atoms with Crippen LogP contribution in [0, 0.1) is 0 Å². The molecular weight excluding hydrogens is 380 g/mol. The van der Waals surface area contributed by atoms with Crippen molar-refractivity contribution in [1.82, 2.24) is 9.78 Å². The molecule has 0 radical (unpaired) electrons. The largest absolute Gasteiger partial charge is 0.297 e. The Morgan fingerprint density at radius 2 is 1.75 bits per heavy atom. The molecule has 1 saturated carbocycles. The first-order valence-corrected chi connectivity index (χ1v) is 10.4. The zero-order valence-corrected chi connectivity index (χ0v) is 16.3. The molecule has 2 aliphatic carbocycles. The summed E-state index contributed by atoms with van der Waals surface area (Å²) in [5, 5.41) is 3.29. The summed E-state index contributed by atoms with van der Waals surface area (Å²) in [7, 11) is 2.02. The number of nitrogens with zero attached hydrogens (tertiary/aromatic N) is 1. The van der Waals surface area contributed by atoms with E-state index in [0.29, 0.717) is 5.41 Å². The summed E-state index contributed by atoms with van der Waals surface area (Å²) in [5.74, 6) is 0. The molecule has 0 atom stereocenters. The fourth-order valence-corrected chi connectivity index (χ4v) is 6.87. The van der Waals surface area contributed by atoms with Gasteiger partial charge in [-0.05, 0) is 63.7 Å². The zero-order chi connectivity index (χ0) is 16.3. The van der Waals surface area contributed by atoms with E-state index in [1.165, 1.54) is 64.0 Å². The van der Waals surface area contributed by atoms with Gasteiger partial charge in [0.15, 0.2) is 0 Å². The topological polar surface area (TPSA) is 20.7 Å². The summed E-state index contributed by atoms with van der Waals surface area (Å²) < 4.78 is 3.35. The molecule has 2 aromatic heterocycles. The van der Waals surface area contributed by atoms with Crippen molar-refractivity contribution in [2.24, 2.45) is 7.05 Å². The molecule has 0 unspecified atom stereocenters. The summed E-state index contributed by atoms with van der Waals surface area (Å²) in [5.41, 5.74) is 7.61. The van der Waals surface area contributed by atoms with Crippen molar-refractivity contribution in [2.45, 2.75) is 43.9 Å². The molecule has 5 rings (SSSR count). The van der Waals surface area contributed by atoms with Gasteiger partial charge in [-0.1, -0.05) is 37.1 Å². The van der Waals surface area contributed by atoms with Crippen molar-refractivity contribution in [3.8, 4) is 21.7 Å². The minimum Gasteiger partial charge on any atom is -0.297 e. The van der Waals surface area contributed by atoms with Crippen LogP contribution in [0.5, 0.6) is 0 Å². The minimum absolute atomic E-state index is 0.479. The zero-order valence-electron chi connectivity index (χ0n) is 13.9. The number of H-pyrrole nitrogens is 1. The number of hydrogen-bond donors (Lipinski definition) is 1. The fraction of sp³-hybridized carbons (Fsp3) is 0.400. The number of fused-ring (bicyclic) bond motifs is 2. The van der Waals surface area contributed by atoms with E-state index in [9.17, 15) is 0 Å². The van der Waals surface area contributed by atoms with Crippen molar-refractivity contribution in [3.05, 3.63) is 45.4 Å². The first kappa shape index (κ1) is 15.0. The van der Waals surface area contributed by atoms with Crippen LogP contribution in [0.2, 0.25) is 0 Å². The molecule has 1 fully saturated rings. The lowest BCUT2D eigenvalue weighted by Crippen LogP contribution is -2.17. The number of benzene rings is 1. The quantitative estimate of drug-likeness (QED) is 0.523. The van der Waals surface area contributed by atoms with Crippen molar-refractivity contribution in [2.75, 3.05) is 0 Å². The molecule has 2 nitrogen and oxygen atoms in total. The normalized spacial score (nSPS) is 18.6. The van der Waals surface area contributed by atoms with Gasteiger partial charge in [0.05, 0.1) is 9.48 Å². The van der Waals surface area contributed by atoms with Gasteiger partial charge in [-0.3, -0.25) is 9.78 Å². The van der Waals surface area contributed by atoms with E-state index in [1.807, 2.05) is 23.1 Å². The van der Waals surface area contributed by atoms with Crippen LogP contribution in [0.1, 0.15) is 43.2 Å². The maximum atomic E-state index is 3.85. The Labute approximate surface area is 155 Å². The van der Waals surface area contributed by atoms with Crippen molar-refractivity contribution < 1.29 is 0 Å². The van der Waals surface area contributed by atoms with Gasteiger partial charge in [0.25, 0.3) is 0 Å². The van der Waals surface area contributed by atoms with Crippen molar-refractivity contribution in [3.63, 3.8) is 0 Å². The van der Waals surface area contributed by atoms with Crippen molar-refractivity contribution >= 4 is 27.3 Å². The molecule has 2 heterocycles. The highest BCUT2D eigenvalue weighted by molar-refractivity contribution is 9.11. The molecule has 3 aromatic rings. The molecule has 1 spiro atoms. The highest BCUT2D eigenvalue weighted by Gasteiger charge is 2.44. The van der Waals surface area contributed by atoms with Gasteiger partial charge in [-0.2, -0.15) is 0 Å². The van der Waals surface area contributed by atoms with Gasteiger partial charge < -0.3 is 0 Å². The van der Waals surface area contributed by atoms with Crippen LogP contribution in [-0.2, 0) is 18.9 Å². The second-order valence-electron chi connectivity index (χ2n) is 7.39. The van der Waals surface area contributed by atoms with Gasteiger partial charge in [0.1, 0.15) is 0 Å². The van der Waals surface area contributed by atoms with E-state index in [1.54, 1.807) is 11.1 Å². The van der Waals surface area contributed by atoms with E-state index in [2.05, 4.69) is 51.5 Å². The number of rotatable bonds is 2. The lowest BCUT2D eigenvalue weighted by atomic mass is 9.79. The van der Waals surface area contributed by atoms with Crippen LogP contribution in [0.3, 0.4) is 0 Å². The summed E-state index contributed by atoms with van der Waals surface area (Å²) in [6, 6.07) is 9.10. The maximum Gasteiger partial charge on any atom is 0.0792 e. The van der Waals surface area contributed by atoms with Gasteiger partial charge in [-0.15, -0.1) is 11.3 Å². The number of aryl methyl sites for hydroxylation is 1. The van der Waals surface area contributed by atoms with Gasteiger partial charge in [-0.25, -0.2) is 0 Å². The SMILES string of the molecule is Cn1cc(-c2ccc(-c3sc(Br)c4c3C3(CCCC3)CC4)cc2)[nH]1. The standard InChI is InChI=1S/C20H21BrN2S/c1-23-12-16(22-23)13-4-6-14(7-5-13)18-17-15(19(21)24-18)8-11-20(17)9-2-3-10-20/h4-7,12,22H,2-3,8-11H2,1H3. The number of thiophene rings is 1. The summed E-state index contributed by atoms with van der Waals surface area (Å²) in [6.45, 7) is 0. The lowest BCUT2D eigenvalue weighted by Gasteiger charge is -2.25. The molecule has 2 aliphatic rings. The molecule has 0 saturated heterocycles. The van der Waals surface area contributed by atoms with Crippen LogP contribution < -0.4 is 0 Å². The molecule has 0 amide bonds. The lowest BCUT2D eigenvalue weighted by molar-refractivity contribution is 0.440. The van der Waals surface area contributed by atoms with E-state index in [4.69, 9.17) is 0 Å². The minimum atomic E-state index is 0.479. The molecule has 124 valence electrons. The average molecular weight is 401 g/mol. The summed E-state index contributed by atoms with van der Waals surface area (Å²) >= 11 is 5.80. The number of hydrogen-bond acceptors (Lipinski definition) is 1. The highest BCUT2D eigenvalue weighted by Crippen LogP contribution is 2.57. The summed E-state index contributed by atoms with van der Waals surface area (Å²) in [6.07, 6.45) is 10.3. The van der Waals surface area contributed by atoms with Crippen LogP contribution in [0.25, 0.3) is 21.7 Å². The predicted octanol–water partition coefficient (Wildman–Crippen LogP) is 6.27. The number of aromatic nitrogens is 2. The number of nitrogens with one attached hydrogen (secondary N) is 1. The molecular formula is C20H21BrN2S. The monoisotopic (exact) mass is 400 g/mol. The van der Waals surface area contributed by atoms with Crippen LogP contribution in [-0.4, -0.2) is 9.78 Å². The number of halogens is 1. The molecule has 0 bridgehead atoms. The summed E-state index contributed by atoms with van der Waals surface area (Å²) in [4.78, 5) is 1.51. The second-order valence-corrected chi connectivity index (χ2v) is 9.73. The third-order valence-electron chi connectivity index (χ3n) is 5.98. The third-order valence-corrected chi connectivity index (χ3v) is 8.01. The van der Waals surface area contributed by atoms with Crippen LogP contribution in [0.15, 0.2) is 34.2 Å². The van der Waals surface area contributed by atoms with Gasteiger partial charge in [0, 0.05) is 23.7 Å². The molecule has 0 aliphatic heterocycles. The molecule has 24 heavy (non-hydrogen) atoms. The maximum absolute atomic E-state index is 3.85. The Balaban J connectivity index is 1.58. The Morgan fingerprint density at radius 1 is 1.08 bits per heavy atom. The van der Waals surface area contributed by atoms with Gasteiger partial charge >= 0.3 is 0 Å². The number of aromatic amines is 1. The predicted molar refractivity (Wildman–Crippen MR) is 105 cm³/mol. The average Bonchev–Trinajstić information content (AvgIpc) is 3.25. The first-order chi connectivity index (χ1) is 11.7. The Kier molecular flexibility index (Phi) is 3.36. The van der Waals surface area contributed by atoms with Crippen LogP contribution in [0.4, 0.5) is 0 Å². The molecule has 4 heteroatoms. The Hall–Kier alpha value is -1.26. The molecule has 1 aromatic carbocycles. The Morgan fingerprint density at radius 3 is 2.42 bits per heavy atom. The third kappa shape index (κ3) is 2.12. The Bertz CT molecular complexity index is 879. The first-order valence-electron chi connectivity index (χ1n) is 8.80. The van der Waals surface area contributed by atoms with E-state index < -0.39 is 0 Å². The highest BCUT2D eigenvalue weighted by atomic mass is 79.9. The second kappa shape index (κ2) is 5.37. The smallest absolute Gasteiger partial charge is 0.0792 e. The van der Waals surface area contributed by atoms with Crippen LogP contribution >= 0.6 is 27.3 Å². The van der Waals surface area contributed by atoms with Crippen molar-refractivity contribution in [1.29, 1.82) is 0 Å². The fourth-order valence-electron chi connectivity index (χ4n) is 4.78.